The maximum atomic E-state index is 16.7. The number of nitrogens with zero attached hydrogens (tertiary/aromatic N) is 7. The summed E-state index contributed by atoms with van der Waals surface area (Å²) in [6, 6.07) is 2.43. The Morgan fingerprint density at radius 2 is 1.90 bits per heavy atom. The standard InChI is InChI=1S/C29H29F3N8OS/c1-15-21(39-8-6-38(5-3-30)7-9-39)2-4-40(15)29-36-11-17-18-13-41-14-19(18)22(24(32)25(17)37-29)26-23-16(10-33)28(34)42-27(23)20(31)12-35-26/h11-12,15,21H,2-9,13-14,34H2,1H3/t15-,21-/m0/s1. The highest BCUT2D eigenvalue weighted by atomic mass is 32.1. The summed E-state index contributed by atoms with van der Waals surface area (Å²) < 4.78 is 50.1. The van der Waals surface area contributed by atoms with E-state index in [1.54, 1.807) is 6.20 Å². The summed E-state index contributed by atoms with van der Waals surface area (Å²) in [5.41, 5.74) is 7.91. The van der Waals surface area contributed by atoms with Crippen molar-refractivity contribution < 1.29 is 17.9 Å². The van der Waals surface area contributed by atoms with Crippen LogP contribution in [0.3, 0.4) is 0 Å². The Morgan fingerprint density at radius 1 is 1.12 bits per heavy atom. The predicted molar refractivity (Wildman–Crippen MR) is 155 cm³/mol. The first-order chi connectivity index (χ1) is 20.4. The molecule has 2 N–H and O–H groups in total. The molecular formula is C29H29F3N8OS. The van der Waals surface area contributed by atoms with Gasteiger partial charge in [-0.15, -0.1) is 11.3 Å². The van der Waals surface area contributed by atoms with Crippen LogP contribution in [0.1, 0.15) is 30.0 Å². The molecule has 2 atom stereocenters. The van der Waals surface area contributed by atoms with E-state index in [1.165, 1.54) is 0 Å². The summed E-state index contributed by atoms with van der Waals surface area (Å²) in [5.74, 6) is -0.793. The molecule has 3 aliphatic heterocycles. The SMILES string of the molecule is C[C@H]1[C@@H](N2CCN(CCF)CC2)CCN1c1ncc2c3c(c(-c4ncc(F)c5sc(N)c(C#N)c45)c(F)c2n1)COC3. The van der Waals surface area contributed by atoms with Gasteiger partial charge in [0.15, 0.2) is 11.6 Å². The molecule has 42 heavy (non-hydrogen) atoms. The molecule has 0 bridgehead atoms. The van der Waals surface area contributed by atoms with Crippen LogP contribution in [0.15, 0.2) is 12.4 Å². The zero-order valence-corrected chi connectivity index (χ0v) is 23.9. The van der Waals surface area contributed by atoms with Crippen LogP contribution in [-0.2, 0) is 18.0 Å². The number of rotatable bonds is 5. The number of hydrogen-bond acceptors (Lipinski definition) is 10. The van der Waals surface area contributed by atoms with Crippen LogP contribution in [0.2, 0.25) is 0 Å². The molecule has 0 aliphatic carbocycles. The number of fused-ring (bicyclic) bond motifs is 4. The number of nitrogens with two attached hydrogens (primary N) is 1. The second-order valence-electron chi connectivity index (χ2n) is 11.0. The van der Waals surface area contributed by atoms with Gasteiger partial charge >= 0.3 is 0 Å². The van der Waals surface area contributed by atoms with E-state index in [0.717, 1.165) is 62.2 Å². The number of benzene rings is 1. The lowest BCUT2D eigenvalue weighted by molar-refractivity contribution is 0.0899. The molecule has 6 heterocycles. The van der Waals surface area contributed by atoms with E-state index in [0.29, 0.717) is 23.4 Å². The quantitative estimate of drug-likeness (QED) is 0.363. The molecule has 9 nitrogen and oxygen atoms in total. The Bertz CT molecular complexity index is 1750. The average molecular weight is 595 g/mol. The fourth-order valence-electron chi connectivity index (χ4n) is 6.81. The first-order valence-electron chi connectivity index (χ1n) is 14.0. The van der Waals surface area contributed by atoms with Crippen LogP contribution >= 0.6 is 11.3 Å². The molecule has 7 rings (SSSR count). The van der Waals surface area contributed by atoms with Crippen molar-refractivity contribution in [3.05, 3.63) is 40.7 Å². The fraction of sp³-hybridized carbons (Fsp3) is 0.448. The Kier molecular flexibility index (Phi) is 6.89. The maximum Gasteiger partial charge on any atom is 0.226 e. The van der Waals surface area contributed by atoms with E-state index in [1.807, 2.05) is 6.07 Å². The van der Waals surface area contributed by atoms with Gasteiger partial charge in [-0.3, -0.25) is 14.8 Å². The number of nitriles is 1. The highest BCUT2D eigenvalue weighted by Gasteiger charge is 2.38. The molecule has 4 aromatic rings. The van der Waals surface area contributed by atoms with Gasteiger partial charge in [-0.1, -0.05) is 0 Å². The van der Waals surface area contributed by atoms with Crippen molar-refractivity contribution in [1.82, 2.24) is 24.8 Å². The Hall–Kier alpha value is -3.57. The van der Waals surface area contributed by atoms with E-state index in [9.17, 15) is 14.0 Å². The molecule has 2 saturated heterocycles. The number of anilines is 2. The smallest absolute Gasteiger partial charge is 0.226 e. The summed E-state index contributed by atoms with van der Waals surface area (Å²) in [7, 11) is 0. The third-order valence-electron chi connectivity index (χ3n) is 8.98. The normalized spacial score (nSPS) is 21.5. The van der Waals surface area contributed by atoms with Gasteiger partial charge in [-0.2, -0.15) is 5.26 Å². The maximum absolute atomic E-state index is 16.7. The second-order valence-corrected chi connectivity index (χ2v) is 12.1. The summed E-state index contributed by atoms with van der Waals surface area (Å²) in [6.45, 7) is 6.84. The van der Waals surface area contributed by atoms with Crippen LogP contribution in [0, 0.1) is 23.0 Å². The van der Waals surface area contributed by atoms with E-state index in [-0.39, 0.29) is 69.4 Å². The van der Waals surface area contributed by atoms with Crippen LogP contribution < -0.4 is 10.6 Å². The zero-order chi connectivity index (χ0) is 29.1. The van der Waals surface area contributed by atoms with Crippen molar-refractivity contribution in [2.45, 2.75) is 38.6 Å². The molecule has 3 aliphatic rings. The lowest BCUT2D eigenvalue weighted by Gasteiger charge is -2.39. The Labute approximate surface area is 244 Å². The van der Waals surface area contributed by atoms with Gasteiger partial charge in [0.2, 0.25) is 5.95 Å². The summed E-state index contributed by atoms with van der Waals surface area (Å²) >= 11 is 0.946. The number of ether oxygens (including phenoxy) is 1. The number of thiophene rings is 1. The number of alkyl halides is 1. The monoisotopic (exact) mass is 594 g/mol. The van der Waals surface area contributed by atoms with Gasteiger partial charge in [0.25, 0.3) is 0 Å². The molecule has 2 fully saturated rings. The van der Waals surface area contributed by atoms with Crippen LogP contribution in [0.4, 0.5) is 24.1 Å². The van der Waals surface area contributed by atoms with Gasteiger partial charge in [-0.05, 0) is 24.5 Å². The molecule has 218 valence electrons. The molecule has 0 unspecified atom stereocenters. The molecule has 0 saturated carbocycles. The van der Waals surface area contributed by atoms with Gasteiger partial charge < -0.3 is 15.4 Å². The van der Waals surface area contributed by atoms with Gasteiger partial charge in [0, 0.05) is 73.9 Å². The highest BCUT2D eigenvalue weighted by Crippen LogP contribution is 2.45. The molecule has 13 heteroatoms. The first kappa shape index (κ1) is 27.3. The largest absolute Gasteiger partial charge is 0.389 e. The minimum absolute atomic E-state index is 0.0787. The first-order valence-corrected chi connectivity index (χ1v) is 14.9. The molecule has 0 amide bonds. The molecular weight excluding hydrogens is 565 g/mol. The summed E-state index contributed by atoms with van der Waals surface area (Å²) in [4.78, 5) is 20.4. The van der Waals surface area contributed by atoms with E-state index >= 15 is 4.39 Å². The number of aromatic nitrogens is 3. The number of hydrogen-bond donors (Lipinski definition) is 1. The second kappa shape index (κ2) is 10.6. The molecule has 1 aromatic carbocycles. The van der Waals surface area contributed by atoms with E-state index in [2.05, 4.69) is 31.6 Å². The topological polar surface area (TPSA) is 107 Å². The van der Waals surface area contributed by atoms with Gasteiger partial charge in [0.1, 0.15) is 23.3 Å². The highest BCUT2D eigenvalue weighted by molar-refractivity contribution is 7.23. The summed E-state index contributed by atoms with van der Waals surface area (Å²) in [6.07, 6.45) is 3.62. The zero-order valence-electron chi connectivity index (χ0n) is 23.0. The molecule has 0 radical (unpaired) electrons. The lowest BCUT2D eigenvalue weighted by atomic mass is 9.94. The van der Waals surface area contributed by atoms with Gasteiger partial charge in [0.05, 0.1) is 35.4 Å². The number of piperazine rings is 1. The number of nitrogen functional groups attached to an aromatic ring is 1. The van der Waals surface area contributed by atoms with E-state index in [4.69, 9.17) is 15.5 Å². The van der Waals surface area contributed by atoms with Crippen molar-refractivity contribution >= 4 is 43.3 Å². The minimum Gasteiger partial charge on any atom is -0.389 e. The predicted octanol–water partition coefficient (Wildman–Crippen LogP) is 4.22. The van der Waals surface area contributed by atoms with Crippen molar-refractivity contribution in [2.75, 3.05) is 56.6 Å². The lowest BCUT2D eigenvalue weighted by Crippen LogP contribution is -2.53. The van der Waals surface area contributed by atoms with E-state index < -0.39 is 11.6 Å². The van der Waals surface area contributed by atoms with Crippen LogP contribution in [-0.4, -0.2) is 82.8 Å². The van der Waals surface area contributed by atoms with Crippen molar-refractivity contribution in [2.24, 2.45) is 0 Å². The molecule has 3 aromatic heterocycles. The minimum atomic E-state index is -0.618. The van der Waals surface area contributed by atoms with Crippen molar-refractivity contribution in [1.29, 1.82) is 5.26 Å². The average Bonchev–Trinajstić information content (AvgIpc) is 3.72. The molecule has 0 spiro atoms. The Balaban J connectivity index is 1.29. The fourth-order valence-corrected chi connectivity index (χ4v) is 7.73. The van der Waals surface area contributed by atoms with Gasteiger partial charge in [-0.25, -0.2) is 23.1 Å². The van der Waals surface area contributed by atoms with Crippen molar-refractivity contribution in [3.63, 3.8) is 0 Å². The number of pyridine rings is 1. The third kappa shape index (κ3) is 4.19. The van der Waals surface area contributed by atoms with Crippen LogP contribution in [0.5, 0.6) is 0 Å². The summed E-state index contributed by atoms with van der Waals surface area (Å²) in [5, 5.41) is 10.7. The Morgan fingerprint density at radius 3 is 2.67 bits per heavy atom. The third-order valence-corrected chi connectivity index (χ3v) is 10.0. The van der Waals surface area contributed by atoms with Crippen molar-refractivity contribution in [3.8, 4) is 17.3 Å². The number of halogens is 3. The van der Waals surface area contributed by atoms with Crippen LogP contribution in [0.25, 0.3) is 32.2 Å².